The zero-order valence-corrected chi connectivity index (χ0v) is 13.4. The van der Waals surface area contributed by atoms with Gasteiger partial charge in [0.15, 0.2) is 11.5 Å². The molecule has 0 fully saturated rings. The number of nitrogens with one attached hydrogen (secondary N) is 1. The van der Waals surface area contributed by atoms with E-state index >= 15 is 0 Å². The highest BCUT2D eigenvalue weighted by molar-refractivity contribution is 5.86. The van der Waals surface area contributed by atoms with Crippen LogP contribution in [0.25, 0.3) is 10.8 Å². The Morgan fingerprint density at radius 3 is 2.57 bits per heavy atom. The van der Waals surface area contributed by atoms with Crippen LogP contribution in [-0.2, 0) is 6.54 Å². The summed E-state index contributed by atoms with van der Waals surface area (Å²) in [6, 6.07) is 20.5. The van der Waals surface area contributed by atoms with Crippen molar-refractivity contribution in [2.24, 2.45) is 0 Å². The van der Waals surface area contributed by atoms with Crippen LogP contribution in [0.15, 0.2) is 60.7 Å². The second kappa shape index (κ2) is 6.71. The van der Waals surface area contributed by atoms with Gasteiger partial charge in [-0.05, 0) is 29.3 Å². The van der Waals surface area contributed by atoms with Gasteiger partial charge < -0.3 is 15.2 Å². The van der Waals surface area contributed by atoms with Gasteiger partial charge in [0.1, 0.15) is 0 Å². The van der Waals surface area contributed by atoms with E-state index in [2.05, 4.69) is 54.7 Å². The molecule has 0 aliphatic rings. The molecule has 0 saturated heterocycles. The summed E-state index contributed by atoms with van der Waals surface area (Å²) in [4.78, 5) is 0. The van der Waals surface area contributed by atoms with E-state index in [4.69, 9.17) is 4.74 Å². The van der Waals surface area contributed by atoms with Gasteiger partial charge in [0.05, 0.1) is 7.11 Å². The number of phenols is 1. The maximum Gasteiger partial charge on any atom is 0.162 e. The zero-order chi connectivity index (χ0) is 16.2. The molecule has 0 heterocycles. The second-order valence-electron chi connectivity index (χ2n) is 5.64. The van der Waals surface area contributed by atoms with E-state index in [1.54, 1.807) is 13.2 Å². The fourth-order valence-electron chi connectivity index (χ4n) is 2.88. The third kappa shape index (κ3) is 3.15. The van der Waals surface area contributed by atoms with Gasteiger partial charge in [0.2, 0.25) is 0 Å². The summed E-state index contributed by atoms with van der Waals surface area (Å²) in [6.45, 7) is 2.71. The summed E-state index contributed by atoms with van der Waals surface area (Å²) in [6.07, 6.45) is 0. The summed E-state index contributed by atoms with van der Waals surface area (Å²) in [7, 11) is 1.56. The molecule has 3 heteroatoms. The smallest absolute Gasteiger partial charge is 0.162 e. The third-order valence-electron chi connectivity index (χ3n) is 4.19. The first-order chi connectivity index (χ1) is 11.2. The van der Waals surface area contributed by atoms with Crippen molar-refractivity contribution in [2.45, 2.75) is 19.5 Å². The first-order valence-corrected chi connectivity index (χ1v) is 7.76. The Morgan fingerprint density at radius 1 is 1.00 bits per heavy atom. The molecule has 3 nitrogen and oxygen atoms in total. The molecule has 2 N–H and O–H groups in total. The Labute approximate surface area is 136 Å². The van der Waals surface area contributed by atoms with Crippen LogP contribution in [0.4, 0.5) is 0 Å². The van der Waals surface area contributed by atoms with Crippen molar-refractivity contribution in [3.8, 4) is 11.5 Å². The van der Waals surface area contributed by atoms with E-state index in [0.717, 1.165) is 5.56 Å². The highest BCUT2D eigenvalue weighted by Gasteiger charge is 2.11. The fraction of sp³-hybridized carbons (Fsp3) is 0.200. The van der Waals surface area contributed by atoms with Crippen molar-refractivity contribution < 1.29 is 9.84 Å². The van der Waals surface area contributed by atoms with E-state index in [-0.39, 0.29) is 11.8 Å². The third-order valence-corrected chi connectivity index (χ3v) is 4.19. The Morgan fingerprint density at radius 2 is 1.74 bits per heavy atom. The Hall–Kier alpha value is -2.52. The van der Waals surface area contributed by atoms with Crippen molar-refractivity contribution in [1.82, 2.24) is 5.32 Å². The molecule has 0 aliphatic heterocycles. The van der Waals surface area contributed by atoms with Crippen molar-refractivity contribution in [3.63, 3.8) is 0 Å². The van der Waals surface area contributed by atoms with E-state index in [9.17, 15) is 5.11 Å². The summed E-state index contributed by atoms with van der Waals surface area (Å²) < 4.78 is 5.16. The van der Waals surface area contributed by atoms with E-state index in [1.165, 1.54) is 16.3 Å². The lowest BCUT2D eigenvalue weighted by molar-refractivity contribution is 0.369. The molecule has 3 rings (SSSR count). The van der Waals surface area contributed by atoms with E-state index in [0.29, 0.717) is 12.3 Å². The maximum absolute atomic E-state index is 10.2. The summed E-state index contributed by atoms with van der Waals surface area (Å²) in [5.41, 5.74) is 2.09. The van der Waals surface area contributed by atoms with Crippen LogP contribution in [0.1, 0.15) is 24.1 Å². The molecule has 0 radical (unpaired) electrons. The number of ether oxygens (including phenoxy) is 1. The lowest BCUT2D eigenvalue weighted by atomic mass is 9.99. The molecule has 1 atom stereocenters. The number of fused-ring (bicyclic) bond motifs is 1. The molecule has 3 aromatic rings. The van der Waals surface area contributed by atoms with Crippen LogP contribution in [0, 0.1) is 0 Å². The predicted molar refractivity (Wildman–Crippen MR) is 93.9 cm³/mol. The van der Waals surface area contributed by atoms with Gasteiger partial charge in [-0.2, -0.15) is 0 Å². The van der Waals surface area contributed by atoms with Gasteiger partial charge in [-0.3, -0.25) is 0 Å². The molecule has 0 aromatic heterocycles. The van der Waals surface area contributed by atoms with Gasteiger partial charge in [0, 0.05) is 18.2 Å². The average Bonchev–Trinajstić information content (AvgIpc) is 2.60. The summed E-state index contributed by atoms with van der Waals surface area (Å²) in [5.74, 6) is 0.703. The SMILES string of the molecule is COc1cccc(CN[C@@H](C)c2cccc3ccccc23)c1O. The molecule has 0 saturated carbocycles. The minimum Gasteiger partial charge on any atom is -0.504 e. The molecule has 3 aromatic carbocycles. The molecule has 0 aliphatic carbocycles. The van der Waals surface area contributed by atoms with Crippen LogP contribution < -0.4 is 10.1 Å². The number of hydrogen-bond acceptors (Lipinski definition) is 3. The molecule has 0 spiro atoms. The number of aromatic hydroxyl groups is 1. The van der Waals surface area contributed by atoms with Crippen molar-refractivity contribution in [1.29, 1.82) is 0 Å². The minimum absolute atomic E-state index is 0.173. The van der Waals surface area contributed by atoms with Gasteiger partial charge in [-0.25, -0.2) is 0 Å². The van der Waals surface area contributed by atoms with Crippen LogP contribution in [0.3, 0.4) is 0 Å². The molecule has 23 heavy (non-hydrogen) atoms. The van der Waals surface area contributed by atoms with Crippen LogP contribution in [0.5, 0.6) is 11.5 Å². The quantitative estimate of drug-likeness (QED) is 0.734. The first-order valence-electron chi connectivity index (χ1n) is 7.76. The summed E-state index contributed by atoms with van der Waals surface area (Å²) >= 11 is 0. The number of para-hydroxylation sites is 1. The molecule has 0 unspecified atom stereocenters. The Kier molecular flexibility index (Phi) is 4.49. The fourth-order valence-corrected chi connectivity index (χ4v) is 2.88. The van der Waals surface area contributed by atoms with Crippen LogP contribution >= 0.6 is 0 Å². The number of phenolic OH excluding ortho intramolecular Hbond substituents is 1. The van der Waals surface area contributed by atoms with Crippen molar-refractivity contribution in [2.75, 3.05) is 7.11 Å². The van der Waals surface area contributed by atoms with Gasteiger partial charge >= 0.3 is 0 Å². The maximum atomic E-state index is 10.2. The molecule has 118 valence electrons. The molecular formula is C20H21NO2. The van der Waals surface area contributed by atoms with Crippen molar-refractivity contribution >= 4 is 10.8 Å². The lowest BCUT2D eigenvalue weighted by Gasteiger charge is -2.17. The number of methoxy groups -OCH3 is 1. The number of hydrogen-bond donors (Lipinski definition) is 2. The average molecular weight is 307 g/mol. The normalized spacial score (nSPS) is 12.3. The van der Waals surface area contributed by atoms with E-state index in [1.807, 2.05) is 12.1 Å². The Bertz CT molecular complexity index is 808. The molecular weight excluding hydrogens is 286 g/mol. The Balaban J connectivity index is 1.81. The van der Waals surface area contributed by atoms with Gasteiger partial charge in [-0.15, -0.1) is 0 Å². The van der Waals surface area contributed by atoms with Gasteiger partial charge in [-0.1, -0.05) is 54.6 Å². The second-order valence-corrected chi connectivity index (χ2v) is 5.64. The molecule has 0 amide bonds. The highest BCUT2D eigenvalue weighted by Crippen LogP contribution is 2.30. The first kappa shape index (κ1) is 15.4. The number of rotatable bonds is 5. The monoisotopic (exact) mass is 307 g/mol. The lowest BCUT2D eigenvalue weighted by Crippen LogP contribution is -2.18. The predicted octanol–water partition coefficient (Wildman–Crippen LogP) is 4.40. The standard InChI is InChI=1S/C20H21NO2/c1-14(17-11-5-8-15-7-3-4-10-18(15)17)21-13-16-9-6-12-19(23-2)20(16)22/h3-12,14,21-22H,13H2,1-2H3/t14-/m0/s1. The van der Waals surface area contributed by atoms with Crippen LogP contribution in [-0.4, -0.2) is 12.2 Å². The van der Waals surface area contributed by atoms with Crippen molar-refractivity contribution in [3.05, 3.63) is 71.8 Å². The number of benzene rings is 3. The molecule has 0 bridgehead atoms. The minimum atomic E-state index is 0.173. The highest BCUT2D eigenvalue weighted by atomic mass is 16.5. The van der Waals surface area contributed by atoms with Gasteiger partial charge in [0.25, 0.3) is 0 Å². The van der Waals surface area contributed by atoms with Crippen LogP contribution in [0.2, 0.25) is 0 Å². The van der Waals surface area contributed by atoms with E-state index < -0.39 is 0 Å². The zero-order valence-electron chi connectivity index (χ0n) is 13.4. The largest absolute Gasteiger partial charge is 0.504 e. The topological polar surface area (TPSA) is 41.5 Å². The summed E-state index contributed by atoms with van der Waals surface area (Å²) in [5, 5.41) is 16.2.